The van der Waals surface area contributed by atoms with Crippen LogP contribution in [-0.4, -0.2) is 11.8 Å². The summed E-state index contributed by atoms with van der Waals surface area (Å²) in [6.07, 6.45) is 2.38. The number of hydrogen-bond donors (Lipinski definition) is 2. The summed E-state index contributed by atoms with van der Waals surface area (Å²) < 4.78 is 0. The van der Waals surface area contributed by atoms with Crippen LogP contribution in [0.3, 0.4) is 0 Å². The summed E-state index contributed by atoms with van der Waals surface area (Å²) in [4.78, 5) is 12.9. The van der Waals surface area contributed by atoms with Crippen LogP contribution in [0.1, 0.15) is 37.7 Å². The van der Waals surface area contributed by atoms with Crippen molar-refractivity contribution in [3.8, 4) is 0 Å². The Hall–Kier alpha value is -2.55. The van der Waals surface area contributed by atoms with Gasteiger partial charge in [0, 0.05) is 17.7 Å². The zero-order chi connectivity index (χ0) is 16.5. The first kappa shape index (κ1) is 15.0. The van der Waals surface area contributed by atoms with Crippen LogP contribution < -0.4 is 10.6 Å². The summed E-state index contributed by atoms with van der Waals surface area (Å²) >= 11 is 0. The van der Waals surface area contributed by atoms with Gasteiger partial charge >= 0.3 is 0 Å². The number of benzene rings is 2. The monoisotopic (exact) mass is 318 g/mol. The van der Waals surface area contributed by atoms with E-state index in [0.29, 0.717) is 6.42 Å². The number of para-hydroxylation sites is 2. The first-order valence-corrected chi connectivity index (χ1v) is 8.70. The van der Waals surface area contributed by atoms with E-state index in [4.69, 9.17) is 0 Å². The number of anilines is 2. The summed E-state index contributed by atoms with van der Waals surface area (Å²) in [5.41, 5.74) is 5.41. The van der Waals surface area contributed by atoms with Crippen molar-refractivity contribution in [2.75, 3.05) is 10.6 Å². The second-order valence-electron chi connectivity index (χ2n) is 6.61. The number of hydrogen-bond acceptors (Lipinski definition) is 3. The van der Waals surface area contributed by atoms with Gasteiger partial charge in [-0.25, -0.2) is 0 Å². The Kier molecular flexibility index (Phi) is 3.85. The molecule has 24 heavy (non-hydrogen) atoms. The standard InChI is InChI=1S/C21H22N2O/c1-2-16-21-19(23-18-11-7-6-10-17(18)22-16)12-15(13-20(21)24)14-8-4-3-5-9-14/h3-11,15-16,22-23H,2,12-13H2,1H3/t15-,16-/m0/s1. The highest BCUT2D eigenvalue weighted by atomic mass is 16.1. The van der Waals surface area contributed by atoms with E-state index in [1.165, 1.54) is 5.56 Å². The molecule has 0 aromatic heterocycles. The van der Waals surface area contributed by atoms with Crippen molar-refractivity contribution in [2.24, 2.45) is 0 Å². The SMILES string of the molecule is CC[C@@H]1Nc2ccccc2NC2=C1C(=O)C[C@@H](c1ccccc1)C2. The van der Waals surface area contributed by atoms with Crippen LogP contribution in [-0.2, 0) is 4.79 Å². The zero-order valence-corrected chi connectivity index (χ0v) is 13.9. The molecule has 122 valence electrons. The molecule has 0 fully saturated rings. The topological polar surface area (TPSA) is 41.1 Å². The summed E-state index contributed by atoms with van der Waals surface area (Å²) in [5, 5.41) is 7.10. The molecule has 0 saturated carbocycles. The third-order valence-electron chi connectivity index (χ3n) is 5.08. The van der Waals surface area contributed by atoms with Gasteiger partial charge in [0.15, 0.2) is 5.78 Å². The maximum absolute atomic E-state index is 12.9. The molecule has 0 unspecified atom stereocenters. The van der Waals surface area contributed by atoms with Crippen LogP contribution in [0, 0.1) is 0 Å². The number of ketones is 1. The van der Waals surface area contributed by atoms with Crippen molar-refractivity contribution < 1.29 is 4.79 Å². The van der Waals surface area contributed by atoms with Crippen LogP contribution >= 0.6 is 0 Å². The Morgan fingerprint density at radius 2 is 1.67 bits per heavy atom. The second-order valence-corrected chi connectivity index (χ2v) is 6.61. The Morgan fingerprint density at radius 1 is 0.958 bits per heavy atom. The maximum Gasteiger partial charge on any atom is 0.163 e. The van der Waals surface area contributed by atoms with Gasteiger partial charge in [0.25, 0.3) is 0 Å². The van der Waals surface area contributed by atoms with Crippen molar-refractivity contribution >= 4 is 17.2 Å². The third kappa shape index (κ3) is 2.60. The lowest BCUT2D eigenvalue weighted by Gasteiger charge is -2.29. The molecule has 4 rings (SSSR count). The minimum atomic E-state index is 0.0837. The fraction of sp³-hybridized carbons (Fsp3) is 0.286. The van der Waals surface area contributed by atoms with Crippen LogP contribution in [0.25, 0.3) is 0 Å². The molecule has 1 aliphatic carbocycles. The van der Waals surface area contributed by atoms with Gasteiger partial charge in [-0.05, 0) is 36.5 Å². The fourth-order valence-electron chi connectivity index (χ4n) is 3.86. The Labute approximate surface area is 142 Å². The molecule has 3 heteroatoms. The fourth-order valence-corrected chi connectivity index (χ4v) is 3.86. The lowest BCUT2D eigenvalue weighted by molar-refractivity contribution is -0.116. The highest BCUT2D eigenvalue weighted by Gasteiger charge is 2.34. The van der Waals surface area contributed by atoms with Gasteiger partial charge in [-0.3, -0.25) is 4.79 Å². The minimum Gasteiger partial charge on any atom is -0.376 e. The highest BCUT2D eigenvalue weighted by Crippen LogP contribution is 2.40. The predicted molar refractivity (Wildman–Crippen MR) is 98.2 cm³/mol. The maximum atomic E-state index is 12.9. The van der Waals surface area contributed by atoms with E-state index < -0.39 is 0 Å². The van der Waals surface area contributed by atoms with E-state index >= 15 is 0 Å². The lowest BCUT2D eigenvalue weighted by atomic mass is 9.79. The van der Waals surface area contributed by atoms with Crippen LogP contribution in [0.15, 0.2) is 65.9 Å². The average molecular weight is 318 g/mol. The van der Waals surface area contributed by atoms with E-state index in [9.17, 15) is 4.79 Å². The minimum absolute atomic E-state index is 0.0837. The first-order chi connectivity index (χ1) is 11.8. The smallest absolute Gasteiger partial charge is 0.163 e. The second kappa shape index (κ2) is 6.16. The molecule has 2 aromatic carbocycles. The molecule has 2 aromatic rings. The molecule has 0 bridgehead atoms. The number of Topliss-reactive ketones (excluding diaryl/α,β-unsaturated/α-hetero) is 1. The van der Waals surface area contributed by atoms with Gasteiger partial charge in [-0.15, -0.1) is 0 Å². The van der Waals surface area contributed by atoms with Gasteiger partial charge in [-0.2, -0.15) is 0 Å². The van der Waals surface area contributed by atoms with Crippen LogP contribution in [0.4, 0.5) is 11.4 Å². The molecule has 1 heterocycles. The van der Waals surface area contributed by atoms with Crippen molar-refractivity contribution in [3.05, 3.63) is 71.4 Å². The average Bonchev–Trinajstić information content (AvgIpc) is 2.78. The van der Waals surface area contributed by atoms with Crippen molar-refractivity contribution in [2.45, 2.75) is 38.1 Å². The number of carbonyl (C=O) groups is 1. The van der Waals surface area contributed by atoms with E-state index in [0.717, 1.165) is 35.5 Å². The number of rotatable bonds is 2. The number of fused-ring (bicyclic) bond motifs is 1. The molecule has 2 N–H and O–H groups in total. The predicted octanol–water partition coefficient (Wildman–Crippen LogP) is 4.70. The normalized spacial score (nSPS) is 22.8. The van der Waals surface area contributed by atoms with Gasteiger partial charge in [-0.1, -0.05) is 49.4 Å². The molecule has 0 amide bonds. The largest absolute Gasteiger partial charge is 0.376 e. The highest BCUT2D eigenvalue weighted by molar-refractivity contribution is 6.01. The van der Waals surface area contributed by atoms with Gasteiger partial charge in [0.2, 0.25) is 0 Å². The van der Waals surface area contributed by atoms with E-state index in [1.54, 1.807) is 0 Å². The number of allylic oxidation sites excluding steroid dienone is 1. The van der Waals surface area contributed by atoms with E-state index in [-0.39, 0.29) is 17.7 Å². The number of nitrogens with one attached hydrogen (secondary N) is 2. The van der Waals surface area contributed by atoms with E-state index in [2.05, 4.69) is 54.0 Å². The Bertz CT molecular complexity index is 794. The molecule has 0 spiro atoms. The summed E-state index contributed by atoms with van der Waals surface area (Å²) in [6.45, 7) is 2.13. The van der Waals surface area contributed by atoms with Crippen LogP contribution in [0.5, 0.6) is 0 Å². The molecule has 2 aliphatic rings. The first-order valence-electron chi connectivity index (χ1n) is 8.70. The summed E-state index contributed by atoms with van der Waals surface area (Å²) in [5.74, 6) is 0.525. The lowest BCUT2D eigenvalue weighted by Crippen LogP contribution is -2.31. The van der Waals surface area contributed by atoms with Crippen molar-refractivity contribution in [1.82, 2.24) is 0 Å². The summed E-state index contributed by atoms with van der Waals surface area (Å²) in [7, 11) is 0. The number of carbonyl (C=O) groups excluding carboxylic acids is 1. The molecule has 0 radical (unpaired) electrons. The Morgan fingerprint density at radius 3 is 2.42 bits per heavy atom. The molecule has 2 atom stereocenters. The molecule has 1 aliphatic heterocycles. The van der Waals surface area contributed by atoms with Crippen molar-refractivity contribution in [3.63, 3.8) is 0 Å². The molecule has 3 nitrogen and oxygen atoms in total. The van der Waals surface area contributed by atoms with Gasteiger partial charge < -0.3 is 10.6 Å². The van der Waals surface area contributed by atoms with Crippen molar-refractivity contribution in [1.29, 1.82) is 0 Å². The quantitative estimate of drug-likeness (QED) is 0.843. The van der Waals surface area contributed by atoms with Gasteiger partial charge in [0.1, 0.15) is 0 Å². The molecular weight excluding hydrogens is 296 g/mol. The molecular formula is C21H22N2O. The van der Waals surface area contributed by atoms with Gasteiger partial charge in [0.05, 0.1) is 17.4 Å². The van der Waals surface area contributed by atoms with E-state index in [1.807, 2.05) is 18.2 Å². The summed E-state index contributed by atoms with van der Waals surface area (Å²) in [6, 6.07) is 18.7. The van der Waals surface area contributed by atoms with Crippen LogP contribution in [0.2, 0.25) is 0 Å². The molecule has 0 saturated heterocycles. The third-order valence-corrected chi connectivity index (χ3v) is 5.08. The zero-order valence-electron chi connectivity index (χ0n) is 13.9. The Balaban J connectivity index is 1.74.